The topological polar surface area (TPSA) is 33.6 Å². The molecule has 1 aromatic carbocycles. The Hall–Kier alpha value is -1.51. The van der Waals surface area contributed by atoms with Crippen LogP contribution in [0.1, 0.15) is 30.9 Å². The Bertz CT molecular complexity index is 468. The maximum Gasteiger partial charge on any atom is 0.289 e. The number of fused-ring (bicyclic) bond motifs is 1. The average molecular weight is 244 g/mol. The van der Waals surface area contributed by atoms with Crippen molar-refractivity contribution >= 4 is 11.7 Å². The molecule has 0 saturated carbocycles. The number of nitrogens with zero attached hydrogens (tertiary/aromatic N) is 1. The summed E-state index contributed by atoms with van der Waals surface area (Å²) in [5.74, 6) is 0.854. The van der Waals surface area contributed by atoms with Crippen molar-refractivity contribution in [2.75, 3.05) is 18.5 Å². The summed E-state index contributed by atoms with van der Waals surface area (Å²) < 4.78 is 5.43. The molecule has 0 fully saturated rings. The molecule has 3 nitrogen and oxygen atoms in total. The molecule has 0 aromatic heterocycles. The average Bonchev–Trinajstić information content (AvgIpc) is 2.91. The molecule has 1 atom stereocenters. The second kappa shape index (κ2) is 5.01. The van der Waals surface area contributed by atoms with Gasteiger partial charge < -0.3 is 10.1 Å². The maximum atomic E-state index is 5.43. The molecule has 0 bridgehead atoms. The summed E-state index contributed by atoms with van der Waals surface area (Å²) in [5, 5.41) is 3.33. The van der Waals surface area contributed by atoms with E-state index < -0.39 is 0 Å². The highest BCUT2D eigenvalue weighted by molar-refractivity contribution is 5.90. The Labute approximate surface area is 108 Å². The highest BCUT2D eigenvalue weighted by atomic mass is 16.5. The summed E-state index contributed by atoms with van der Waals surface area (Å²) in [6, 6.07) is 7.21. The van der Waals surface area contributed by atoms with E-state index in [2.05, 4.69) is 35.4 Å². The minimum atomic E-state index is 0.681. The molecular formula is C15H20N2O. The van der Waals surface area contributed by atoms with Gasteiger partial charge in [0.1, 0.15) is 6.61 Å². The Morgan fingerprint density at radius 3 is 3.17 bits per heavy atom. The monoisotopic (exact) mass is 244 g/mol. The van der Waals surface area contributed by atoms with E-state index >= 15 is 0 Å². The lowest BCUT2D eigenvalue weighted by molar-refractivity contribution is 0.346. The Morgan fingerprint density at radius 2 is 2.39 bits per heavy atom. The summed E-state index contributed by atoms with van der Waals surface area (Å²) in [6.07, 6.45) is 4.97. The number of hydrogen-bond donors (Lipinski definition) is 1. The van der Waals surface area contributed by atoms with Crippen molar-refractivity contribution in [3.8, 4) is 0 Å². The first-order chi connectivity index (χ1) is 8.86. The van der Waals surface area contributed by atoms with Crippen molar-refractivity contribution in [1.82, 2.24) is 0 Å². The smallest absolute Gasteiger partial charge is 0.289 e. The van der Waals surface area contributed by atoms with E-state index in [1.807, 2.05) is 0 Å². The third-order valence-corrected chi connectivity index (χ3v) is 3.99. The zero-order chi connectivity index (χ0) is 12.4. The van der Waals surface area contributed by atoms with Gasteiger partial charge in [0, 0.05) is 5.69 Å². The number of rotatable bonds is 2. The van der Waals surface area contributed by atoms with Crippen LogP contribution in [-0.2, 0) is 17.6 Å². The number of ether oxygens (including phenoxy) is 1. The molecule has 2 aliphatic rings. The number of nitrogens with one attached hydrogen (secondary N) is 1. The molecule has 0 saturated heterocycles. The zero-order valence-electron chi connectivity index (χ0n) is 10.9. The van der Waals surface area contributed by atoms with Crippen LogP contribution < -0.4 is 5.32 Å². The summed E-state index contributed by atoms with van der Waals surface area (Å²) >= 11 is 0. The quantitative estimate of drug-likeness (QED) is 0.867. The van der Waals surface area contributed by atoms with E-state index in [0.717, 1.165) is 12.5 Å². The third kappa shape index (κ3) is 2.22. The van der Waals surface area contributed by atoms with E-state index in [4.69, 9.17) is 4.74 Å². The Balaban J connectivity index is 1.83. The van der Waals surface area contributed by atoms with Crippen LogP contribution in [0.5, 0.6) is 0 Å². The van der Waals surface area contributed by atoms with Gasteiger partial charge >= 0.3 is 0 Å². The lowest BCUT2D eigenvalue weighted by Gasteiger charge is -2.25. The van der Waals surface area contributed by atoms with E-state index in [-0.39, 0.29) is 0 Å². The number of anilines is 1. The third-order valence-electron chi connectivity index (χ3n) is 3.99. The number of aliphatic imine (C=N–C) groups is 1. The summed E-state index contributed by atoms with van der Waals surface area (Å²) in [5.41, 5.74) is 4.14. The van der Waals surface area contributed by atoms with Gasteiger partial charge in [0.2, 0.25) is 0 Å². The maximum absolute atomic E-state index is 5.43. The molecule has 0 radical (unpaired) electrons. The van der Waals surface area contributed by atoms with Gasteiger partial charge in [0.05, 0.1) is 6.54 Å². The van der Waals surface area contributed by atoms with E-state index in [1.54, 1.807) is 0 Å². The van der Waals surface area contributed by atoms with Gasteiger partial charge in [-0.2, -0.15) is 0 Å². The van der Waals surface area contributed by atoms with Crippen LogP contribution in [0.25, 0.3) is 0 Å². The van der Waals surface area contributed by atoms with Crippen molar-refractivity contribution < 1.29 is 4.74 Å². The van der Waals surface area contributed by atoms with Crippen molar-refractivity contribution in [2.45, 2.75) is 32.6 Å². The van der Waals surface area contributed by atoms with Crippen LogP contribution in [0.4, 0.5) is 5.69 Å². The van der Waals surface area contributed by atoms with Gasteiger partial charge in [0.15, 0.2) is 0 Å². The van der Waals surface area contributed by atoms with Gasteiger partial charge in [-0.25, -0.2) is 4.99 Å². The first-order valence-electron chi connectivity index (χ1n) is 6.92. The Kier molecular flexibility index (Phi) is 3.22. The fourth-order valence-electron chi connectivity index (χ4n) is 2.87. The normalized spacial score (nSPS) is 22.1. The fourth-order valence-corrected chi connectivity index (χ4v) is 2.87. The highest BCUT2D eigenvalue weighted by Gasteiger charge is 2.20. The highest BCUT2D eigenvalue weighted by Crippen LogP contribution is 2.32. The van der Waals surface area contributed by atoms with E-state index in [9.17, 15) is 0 Å². The fraction of sp³-hybridized carbons (Fsp3) is 0.533. The van der Waals surface area contributed by atoms with Crippen LogP contribution in [0.15, 0.2) is 23.2 Å². The molecule has 0 amide bonds. The lowest BCUT2D eigenvalue weighted by Crippen LogP contribution is -2.18. The minimum Gasteiger partial charge on any atom is -0.463 e. The predicted octanol–water partition coefficient (Wildman–Crippen LogP) is 3.00. The van der Waals surface area contributed by atoms with Gasteiger partial charge in [0.25, 0.3) is 6.02 Å². The zero-order valence-corrected chi connectivity index (χ0v) is 10.9. The van der Waals surface area contributed by atoms with Crippen LogP contribution in [-0.4, -0.2) is 19.2 Å². The van der Waals surface area contributed by atoms with Crippen molar-refractivity contribution in [3.63, 3.8) is 0 Å². The Morgan fingerprint density at radius 1 is 1.44 bits per heavy atom. The number of hydrogen-bond acceptors (Lipinski definition) is 3. The molecule has 1 unspecified atom stereocenters. The first-order valence-corrected chi connectivity index (χ1v) is 6.92. The summed E-state index contributed by atoms with van der Waals surface area (Å²) in [4.78, 5) is 4.29. The van der Waals surface area contributed by atoms with E-state index in [0.29, 0.717) is 12.6 Å². The largest absolute Gasteiger partial charge is 0.463 e. The van der Waals surface area contributed by atoms with Gasteiger partial charge in [-0.1, -0.05) is 25.5 Å². The van der Waals surface area contributed by atoms with Gasteiger partial charge in [-0.15, -0.1) is 0 Å². The standard InChI is InChI=1S/C15H20N2O/c1-2-11-6-7-13-12(10-11)4-3-5-14(13)17-15-16-8-9-18-15/h3-5,11H,2,6-10H2,1H3,(H,16,17). The first kappa shape index (κ1) is 11.6. The SMILES string of the molecule is CCC1CCc2c(cccc2NC2=NCCO2)C1. The number of benzene rings is 1. The van der Waals surface area contributed by atoms with Crippen molar-refractivity contribution in [3.05, 3.63) is 29.3 Å². The predicted molar refractivity (Wildman–Crippen MR) is 74.1 cm³/mol. The molecule has 1 aliphatic heterocycles. The molecule has 1 N–H and O–H groups in total. The van der Waals surface area contributed by atoms with Gasteiger partial charge in [-0.3, -0.25) is 0 Å². The molecule has 18 heavy (non-hydrogen) atoms. The molecular weight excluding hydrogens is 224 g/mol. The second-order valence-corrected chi connectivity index (χ2v) is 5.12. The van der Waals surface area contributed by atoms with Crippen molar-refractivity contribution in [1.29, 1.82) is 0 Å². The van der Waals surface area contributed by atoms with Gasteiger partial charge in [-0.05, 0) is 42.4 Å². The van der Waals surface area contributed by atoms with Crippen molar-refractivity contribution in [2.24, 2.45) is 10.9 Å². The van der Waals surface area contributed by atoms with Crippen LogP contribution in [0.2, 0.25) is 0 Å². The lowest BCUT2D eigenvalue weighted by atomic mass is 9.82. The molecule has 0 spiro atoms. The number of amidine groups is 1. The molecule has 1 aromatic rings. The molecule has 96 valence electrons. The second-order valence-electron chi connectivity index (χ2n) is 5.12. The molecule has 3 heteroatoms. The van der Waals surface area contributed by atoms with Crippen LogP contribution in [0, 0.1) is 5.92 Å². The molecule has 1 aliphatic carbocycles. The molecule has 1 heterocycles. The molecule has 3 rings (SSSR count). The van der Waals surface area contributed by atoms with Crippen LogP contribution >= 0.6 is 0 Å². The van der Waals surface area contributed by atoms with E-state index in [1.165, 1.54) is 42.5 Å². The van der Waals surface area contributed by atoms with Crippen LogP contribution in [0.3, 0.4) is 0 Å². The summed E-state index contributed by atoms with van der Waals surface area (Å²) in [6.45, 7) is 3.77. The summed E-state index contributed by atoms with van der Waals surface area (Å²) in [7, 11) is 0. The minimum absolute atomic E-state index is 0.681.